The molecule has 2 atom stereocenters. The van der Waals surface area contributed by atoms with E-state index in [1.165, 1.54) is 0 Å². The minimum Gasteiger partial charge on any atom is -0.507 e. The molecule has 1 aliphatic carbocycles. The van der Waals surface area contributed by atoms with Crippen molar-refractivity contribution >= 4 is 11.9 Å². The molecule has 1 aromatic carbocycles. The highest BCUT2D eigenvalue weighted by Crippen LogP contribution is 2.64. The Kier molecular flexibility index (Phi) is 12.9. The minimum atomic E-state index is -2.11. The zero-order chi connectivity index (χ0) is 42.6. The molecule has 0 saturated carbocycles. The van der Waals surface area contributed by atoms with Gasteiger partial charge < -0.3 is 29.5 Å². The first-order chi connectivity index (χ1) is 24.5. The molecular weight excluding hydrogens is 693 g/mol. The molecule has 8 nitrogen and oxygen atoms in total. The van der Waals surface area contributed by atoms with Crippen molar-refractivity contribution < 1.29 is 39.1 Å². The molecule has 2 unspecified atom stereocenters. The molecule has 3 N–H and O–H groups in total. The number of hydrogen-bond donors (Lipinski definition) is 3. The quantitative estimate of drug-likeness (QED) is 0.159. The first-order valence-electron chi connectivity index (χ1n) is 20.2. The SMILES string of the molecule is CC(C)(C)C1=CC(CCC(=O)OCC2(COC(=O)CCc3cc(C(C)(C)C)c(O)c(C(C)(C)C)c3)COC2C(C)(C)C)=CC(C(C)(C)C)(C(C)(C)C)C1(O)O. The summed E-state index contributed by atoms with van der Waals surface area (Å²) in [6.45, 7) is 37.1. The zero-order valence-corrected chi connectivity index (χ0v) is 37.7. The van der Waals surface area contributed by atoms with Gasteiger partial charge in [-0.1, -0.05) is 154 Å². The molecule has 0 spiro atoms. The number of carbonyl (C=O) groups is 2. The second-order valence-electron chi connectivity index (χ2n) is 22.8. The molecule has 0 bridgehead atoms. The van der Waals surface area contributed by atoms with Crippen LogP contribution < -0.4 is 0 Å². The van der Waals surface area contributed by atoms with Crippen LogP contribution in [0.2, 0.25) is 0 Å². The van der Waals surface area contributed by atoms with E-state index in [1.807, 2.05) is 86.6 Å². The van der Waals surface area contributed by atoms with E-state index in [0.717, 1.165) is 22.3 Å². The molecule has 1 fully saturated rings. The van der Waals surface area contributed by atoms with Crippen LogP contribution in [0, 0.1) is 32.5 Å². The van der Waals surface area contributed by atoms with Gasteiger partial charge >= 0.3 is 11.9 Å². The number of benzene rings is 1. The van der Waals surface area contributed by atoms with Crippen LogP contribution in [-0.4, -0.2) is 59.0 Å². The van der Waals surface area contributed by atoms with E-state index in [2.05, 4.69) is 62.3 Å². The highest BCUT2D eigenvalue weighted by molar-refractivity contribution is 5.70. The molecule has 1 saturated heterocycles. The first-order valence-corrected chi connectivity index (χ1v) is 20.2. The molecule has 0 radical (unpaired) electrons. The summed E-state index contributed by atoms with van der Waals surface area (Å²) in [5.74, 6) is -2.53. The predicted molar refractivity (Wildman–Crippen MR) is 221 cm³/mol. The number of aromatic hydroxyl groups is 1. The molecule has 55 heavy (non-hydrogen) atoms. The van der Waals surface area contributed by atoms with Crippen LogP contribution in [0.1, 0.15) is 161 Å². The summed E-state index contributed by atoms with van der Waals surface area (Å²) in [6, 6.07) is 3.99. The topological polar surface area (TPSA) is 123 Å². The van der Waals surface area contributed by atoms with Crippen LogP contribution in [0.15, 0.2) is 35.4 Å². The van der Waals surface area contributed by atoms with Crippen LogP contribution >= 0.6 is 0 Å². The number of ether oxygens (including phenoxy) is 3. The minimum absolute atomic E-state index is 0.0509. The van der Waals surface area contributed by atoms with Gasteiger partial charge in [-0.15, -0.1) is 0 Å². The zero-order valence-electron chi connectivity index (χ0n) is 37.7. The van der Waals surface area contributed by atoms with Gasteiger partial charge in [-0.05, 0) is 67.6 Å². The van der Waals surface area contributed by atoms with Crippen molar-refractivity contribution in [2.45, 2.75) is 173 Å². The summed E-state index contributed by atoms with van der Waals surface area (Å²) in [5.41, 5.74) is -0.164. The molecule has 2 aliphatic rings. The maximum absolute atomic E-state index is 13.5. The van der Waals surface area contributed by atoms with Crippen LogP contribution in [0.4, 0.5) is 0 Å². The molecular formula is C47H76O8. The summed E-state index contributed by atoms with van der Waals surface area (Å²) in [5, 5.41) is 35.1. The summed E-state index contributed by atoms with van der Waals surface area (Å²) in [6.07, 6.45) is 4.65. The molecule has 3 rings (SSSR count). The Bertz CT molecular complexity index is 1580. The van der Waals surface area contributed by atoms with E-state index < -0.39 is 32.9 Å². The third-order valence-corrected chi connectivity index (χ3v) is 11.8. The van der Waals surface area contributed by atoms with Crippen molar-refractivity contribution in [2.75, 3.05) is 19.8 Å². The fourth-order valence-corrected chi connectivity index (χ4v) is 9.32. The van der Waals surface area contributed by atoms with E-state index in [4.69, 9.17) is 14.2 Å². The van der Waals surface area contributed by atoms with E-state index >= 15 is 0 Å². The predicted octanol–water partition coefficient (Wildman–Crippen LogP) is 9.89. The molecule has 8 heteroatoms. The van der Waals surface area contributed by atoms with Crippen LogP contribution in [0.5, 0.6) is 5.75 Å². The van der Waals surface area contributed by atoms with Gasteiger partial charge in [0.1, 0.15) is 19.0 Å². The van der Waals surface area contributed by atoms with Gasteiger partial charge in [-0.25, -0.2) is 0 Å². The number of aliphatic hydroxyl groups is 2. The van der Waals surface area contributed by atoms with Gasteiger partial charge in [-0.3, -0.25) is 9.59 Å². The van der Waals surface area contributed by atoms with Crippen molar-refractivity contribution in [3.8, 4) is 5.75 Å². The number of hydrogen-bond acceptors (Lipinski definition) is 8. The Labute approximate surface area is 333 Å². The van der Waals surface area contributed by atoms with Crippen molar-refractivity contribution in [1.82, 2.24) is 0 Å². The van der Waals surface area contributed by atoms with Crippen molar-refractivity contribution in [3.05, 3.63) is 52.1 Å². The van der Waals surface area contributed by atoms with Gasteiger partial charge in [0.05, 0.1) is 23.5 Å². The average Bonchev–Trinajstić information content (AvgIpc) is 2.95. The second-order valence-corrected chi connectivity index (χ2v) is 22.8. The lowest BCUT2D eigenvalue weighted by atomic mass is 9.46. The summed E-state index contributed by atoms with van der Waals surface area (Å²) in [4.78, 5) is 26.7. The first kappa shape index (κ1) is 46.7. The second kappa shape index (κ2) is 15.2. The Morgan fingerprint density at radius 3 is 1.49 bits per heavy atom. The Morgan fingerprint density at radius 2 is 1.15 bits per heavy atom. The number of phenolic OH excluding ortho intramolecular Hbond substituents is 1. The third-order valence-electron chi connectivity index (χ3n) is 11.8. The largest absolute Gasteiger partial charge is 0.507 e. The summed E-state index contributed by atoms with van der Waals surface area (Å²) in [7, 11) is 0. The van der Waals surface area contributed by atoms with E-state index in [0.29, 0.717) is 30.8 Å². The van der Waals surface area contributed by atoms with Crippen LogP contribution in [0.25, 0.3) is 0 Å². The summed E-state index contributed by atoms with van der Waals surface area (Å²) >= 11 is 0. The maximum Gasteiger partial charge on any atom is 0.306 e. The Balaban J connectivity index is 1.78. The lowest BCUT2D eigenvalue weighted by molar-refractivity contribution is -0.269. The molecule has 0 aromatic heterocycles. The number of esters is 2. The van der Waals surface area contributed by atoms with Crippen LogP contribution in [-0.2, 0) is 41.1 Å². The molecule has 0 amide bonds. The van der Waals surface area contributed by atoms with E-state index in [9.17, 15) is 24.9 Å². The highest BCUT2D eigenvalue weighted by atomic mass is 16.6. The molecule has 1 heterocycles. The number of allylic oxidation sites excluding steroid dienone is 2. The lowest BCUT2D eigenvalue weighted by Crippen LogP contribution is -2.64. The van der Waals surface area contributed by atoms with Crippen molar-refractivity contribution in [3.63, 3.8) is 0 Å². The van der Waals surface area contributed by atoms with Gasteiger partial charge in [0.25, 0.3) is 0 Å². The monoisotopic (exact) mass is 769 g/mol. The van der Waals surface area contributed by atoms with Gasteiger partial charge in [-0.2, -0.15) is 0 Å². The van der Waals surface area contributed by atoms with Crippen molar-refractivity contribution in [1.29, 1.82) is 0 Å². The number of carbonyl (C=O) groups excluding carboxylic acids is 2. The lowest BCUT2D eigenvalue weighted by Gasteiger charge is -2.61. The fraction of sp³-hybridized carbons (Fsp3) is 0.745. The van der Waals surface area contributed by atoms with Gasteiger partial charge in [0.2, 0.25) is 0 Å². The molecule has 1 aromatic rings. The van der Waals surface area contributed by atoms with Gasteiger partial charge in [0, 0.05) is 12.8 Å². The third kappa shape index (κ3) is 9.72. The Hall–Kier alpha value is -2.68. The smallest absolute Gasteiger partial charge is 0.306 e. The number of phenols is 1. The normalized spacial score (nSPS) is 22.0. The van der Waals surface area contributed by atoms with Gasteiger partial charge in [0.15, 0.2) is 5.79 Å². The molecule has 312 valence electrons. The van der Waals surface area contributed by atoms with E-state index in [-0.39, 0.29) is 60.3 Å². The van der Waals surface area contributed by atoms with E-state index in [1.54, 1.807) is 0 Å². The standard InChI is InChI=1S/C47H76O8/c1-39(2,3)32-23-30(24-33(37(32)50)40(4,5)6)19-21-35(48)53-27-45(29-55-38(45)42(10,11)12)28-54-36(49)22-20-31-25-34(41(7,8)9)47(51,52)46(26-31,43(13,14)15)44(16,17)18/h23-26,38,50-52H,19-22,27-29H2,1-18H3. The maximum atomic E-state index is 13.5. The van der Waals surface area contributed by atoms with Crippen LogP contribution in [0.3, 0.4) is 0 Å². The molecule has 1 aliphatic heterocycles. The Morgan fingerprint density at radius 1 is 0.709 bits per heavy atom. The average molecular weight is 769 g/mol. The highest BCUT2D eigenvalue weighted by Gasteiger charge is 2.65. The fourth-order valence-electron chi connectivity index (χ4n) is 9.32. The summed E-state index contributed by atoms with van der Waals surface area (Å²) < 4.78 is 17.9. The van der Waals surface area contributed by atoms with Crippen molar-refractivity contribution in [2.24, 2.45) is 32.5 Å². The number of rotatable bonds is 10. The number of aryl methyl sites for hydroxylation is 1.